The molecule has 2 aromatic carbocycles. The molecule has 138 valence electrons. The van der Waals surface area contributed by atoms with Crippen LogP contribution in [0.3, 0.4) is 0 Å². The highest BCUT2D eigenvalue weighted by Gasteiger charge is 2.10. The number of carbonyl (C=O) groups excluding carboxylic acids is 1. The number of hydrogen-bond acceptors (Lipinski definition) is 4. The fourth-order valence-electron chi connectivity index (χ4n) is 2.22. The van der Waals surface area contributed by atoms with Gasteiger partial charge in [0.2, 0.25) is 5.91 Å². The molecular weight excluding hydrogens is 415 g/mol. The number of hydrogen-bond donors (Lipinski definition) is 1. The average Bonchev–Trinajstić information content (AvgIpc) is 2.57. The van der Waals surface area contributed by atoms with E-state index in [1.54, 1.807) is 30.0 Å². The smallest absolute Gasteiger partial charge is 0.244 e. The van der Waals surface area contributed by atoms with Crippen molar-refractivity contribution in [2.75, 3.05) is 12.9 Å². The number of nitrogens with zero attached hydrogens (tertiary/aromatic N) is 1. The van der Waals surface area contributed by atoms with Crippen molar-refractivity contribution in [1.29, 1.82) is 0 Å². The van der Waals surface area contributed by atoms with Crippen LogP contribution < -0.4 is 10.2 Å². The van der Waals surface area contributed by atoms with Crippen molar-refractivity contribution < 1.29 is 9.53 Å². The van der Waals surface area contributed by atoms with Gasteiger partial charge in [0.1, 0.15) is 0 Å². The maximum atomic E-state index is 12.2. The predicted octanol–water partition coefficient (Wildman–Crippen LogP) is 5.46. The van der Waals surface area contributed by atoms with Crippen molar-refractivity contribution >= 4 is 58.7 Å². The number of carbonyl (C=O) groups is 1. The summed E-state index contributed by atoms with van der Waals surface area (Å²) in [7, 11) is 1.49. The molecule has 0 atom stereocenters. The van der Waals surface area contributed by atoms with Gasteiger partial charge in [-0.15, -0.1) is 11.8 Å². The van der Waals surface area contributed by atoms with Crippen molar-refractivity contribution in [3.8, 4) is 5.75 Å². The summed E-state index contributed by atoms with van der Waals surface area (Å²) in [5, 5.41) is 5.28. The SMILES string of the molecule is CCSc1ccc(Cl)cc1CC(=O)N/N=C\c1cc(Cl)c(OC)c(Cl)c1. The van der Waals surface area contributed by atoms with Crippen LogP contribution in [0, 0.1) is 0 Å². The number of amides is 1. The first-order chi connectivity index (χ1) is 12.4. The highest BCUT2D eigenvalue weighted by Crippen LogP contribution is 2.33. The minimum Gasteiger partial charge on any atom is -0.494 e. The van der Waals surface area contributed by atoms with E-state index in [2.05, 4.69) is 17.5 Å². The summed E-state index contributed by atoms with van der Waals surface area (Å²) >= 11 is 19.8. The molecule has 0 unspecified atom stereocenters. The van der Waals surface area contributed by atoms with E-state index in [4.69, 9.17) is 39.5 Å². The van der Waals surface area contributed by atoms with Crippen molar-refractivity contribution in [1.82, 2.24) is 5.43 Å². The fraction of sp³-hybridized carbons (Fsp3) is 0.222. The van der Waals surface area contributed by atoms with Crippen LogP contribution in [-0.4, -0.2) is 25.0 Å². The molecule has 0 aliphatic rings. The highest BCUT2D eigenvalue weighted by molar-refractivity contribution is 7.99. The molecule has 2 rings (SSSR count). The monoisotopic (exact) mass is 430 g/mol. The minimum atomic E-state index is -0.243. The van der Waals surface area contributed by atoms with Crippen LogP contribution in [0.2, 0.25) is 15.1 Å². The molecule has 2 aromatic rings. The Hall–Kier alpha value is -1.40. The number of hydrazone groups is 1. The number of methoxy groups -OCH3 is 1. The van der Waals surface area contributed by atoms with Gasteiger partial charge >= 0.3 is 0 Å². The summed E-state index contributed by atoms with van der Waals surface area (Å²) in [6, 6.07) is 8.83. The van der Waals surface area contributed by atoms with Gasteiger partial charge in [-0.25, -0.2) is 5.43 Å². The van der Waals surface area contributed by atoms with Gasteiger partial charge < -0.3 is 4.74 Å². The predicted molar refractivity (Wildman–Crippen MR) is 110 cm³/mol. The van der Waals surface area contributed by atoms with Gasteiger partial charge in [-0.1, -0.05) is 41.7 Å². The van der Waals surface area contributed by atoms with Crippen LogP contribution in [0.15, 0.2) is 40.3 Å². The quantitative estimate of drug-likeness (QED) is 0.360. The van der Waals surface area contributed by atoms with E-state index < -0.39 is 0 Å². The van der Waals surface area contributed by atoms with E-state index in [1.807, 2.05) is 12.1 Å². The molecule has 0 saturated heterocycles. The molecule has 0 fully saturated rings. The van der Waals surface area contributed by atoms with Crippen LogP contribution in [0.5, 0.6) is 5.75 Å². The summed E-state index contributed by atoms with van der Waals surface area (Å²) < 4.78 is 5.09. The molecule has 0 saturated carbocycles. The first-order valence-electron chi connectivity index (χ1n) is 7.70. The number of rotatable bonds is 7. The Labute approximate surface area is 171 Å². The Morgan fingerprint density at radius 2 is 1.92 bits per heavy atom. The zero-order valence-electron chi connectivity index (χ0n) is 14.2. The second-order valence-corrected chi connectivity index (χ2v) is 7.73. The van der Waals surface area contributed by atoms with Gasteiger partial charge in [0.15, 0.2) is 5.75 Å². The van der Waals surface area contributed by atoms with Crippen LogP contribution in [0.4, 0.5) is 0 Å². The van der Waals surface area contributed by atoms with Crippen molar-refractivity contribution in [2.45, 2.75) is 18.2 Å². The molecule has 4 nitrogen and oxygen atoms in total. The largest absolute Gasteiger partial charge is 0.494 e. The standard InChI is InChI=1S/C18H17Cl3N2O2S/c1-3-26-16-5-4-13(19)8-12(16)9-17(24)23-22-10-11-6-14(20)18(25-2)15(21)7-11/h4-8,10H,3,9H2,1-2H3,(H,23,24)/b22-10-. The van der Waals surface area contributed by atoms with Crippen LogP contribution >= 0.6 is 46.6 Å². The zero-order valence-corrected chi connectivity index (χ0v) is 17.3. The summed E-state index contributed by atoms with van der Waals surface area (Å²) in [5.74, 6) is 1.07. The number of thioether (sulfide) groups is 1. The van der Waals surface area contributed by atoms with Gasteiger partial charge in [0.25, 0.3) is 0 Å². The maximum absolute atomic E-state index is 12.2. The van der Waals surface area contributed by atoms with Gasteiger partial charge in [-0.05, 0) is 47.2 Å². The van der Waals surface area contributed by atoms with E-state index >= 15 is 0 Å². The van der Waals surface area contributed by atoms with Crippen molar-refractivity contribution in [3.63, 3.8) is 0 Å². The number of nitrogens with one attached hydrogen (secondary N) is 1. The summed E-state index contributed by atoms with van der Waals surface area (Å²) in [6.45, 7) is 2.05. The Bertz CT molecular complexity index is 805. The number of ether oxygens (including phenoxy) is 1. The van der Waals surface area contributed by atoms with Crippen molar-refractivity contribution in [2.24, 2.45) is 5.10 Å². The fourth-order valence-corrected chi connectivity index (χ4v) is 3.87. The van der Waals surface area contributed by atoms with Gasteiger partial charge in [0, 0.05) is 9.92 Å². The molecule has 0 spiro atoms. The second-order valence-electron chi connectivity index (χ2n) is 5.17. The second kappa shape index (κ2) is 10.1. The maximum Gasteiger partial charge on any atom is 0.244 e. The Balaban J connectivity index is 2.03. The van der Waals surface area contributed by atoms with E-state index in [-0.39, 0.29) is 12.3 Å². The van der Waals surface area contributed by atoms with E-state index in [0.29, 0.717) is 26.4 Å². The third-order valence-electron chi connectivity index (χ3n) is 3.30. The third-order valence-corrected chi connectivity index (χ3v) is 5.10. The first kappa shape index (κ1) is 20.9. The molecule has 8 heteroatoms. The van der Waals surface area contributed by atoms with Crippen LogP contribution in [0.25, 0.3) is 0 Å². The van der Waals surface area contributed by atoms with Crippen LogP contribution in [-0.2, 0) is 11.2 Å². The Kier molecular flexibility index (Phi) is 8.10. The Morgan fingerprint density at radius 1 is 1.23 bits per heavy atom. The van der Waals surface area contributed by atoms with Crippen molar-refractivity contribution in [3.05, 3.63) is 56.5 Å². The minimum absolute atomic E-state index is 0.185. The van der Waals surface area contributed by atoms with Crippen LogP contribution in [0.1, 0.15) is 18.1 Å². The lowest BCUT2D eigenvalue weighted by Gasteiger charge is -2.08. The summed E-state index contributed by atoms with van der Waals surface area (Å²) in [6.07, 6.45) is 1.65. The summed E-state index contributed by atoms with van der Waals surface area (Å²) in [5.41, 5.74) is 4.01. The van der Waals surface area contributed by atoms with E-state index in [9.17, 15) is 4.79 Å². The molecule has 0 radical (unpaired) electrons. The molecular formula is C18H17Cl3N2O2S. The normalized spacial score (nSPS) is 11.0. The van der Waals surface area contributed by atoms with E-state index in [1.165, 1.54) is 13.3 Å². The lowest BCUT2D eigenvalue weighted by atomic mass is 10.1. The molecule has 26 heavy (non-hydrogen) atoms. The highest BCUT2D eigenvalue weighted by atomic mass is 35.5. The third kappa shape index (κ3) is 5.81. The molecule has 0 aromatic heterocycles. The molecule has 1 N–H and O–H groups in total. The van der Waals surface area contributed by atoms with Gasteiger partial charge in [-0.3, -0.25) is 4.79 Å². The zero-order chi connectivity index (χ0) is 19.1. The lowest BCUT2D eigenvalue weighted by Crippen LogP contribution is -2.20. The molecule has 1 amide bonds. The summed E-state index contributed by atoms with van der Waals surface area (Å²) in [4.78, 5) is 13.2. The average molecular weight is 432 g/mol. The van der Waals surface area contributed by atoms with E-state index in [0.717, 1.165) is 16.2 Å². The molecule has 0 aliphatic carbocycles. The molecule has 0 aliphatic heterocycles. The molecule has 0 bridgehead atoms. The number of halogens is 3. The Morgan fingerprint density at radius 3 is 2.54 bits per heavy atom. The topological polar surface area (TPSA) is 50.7 Å². The number of benzene rings is 2. The van der Waals surface area contributed by atoms with Gasteiger partial charge in [0.05, 0.1) is 29.8 Å². The first-order valence-corrected chi connectivity index (χ1v) is 9.82. The van der Waals surface area contributed by atoms with Gasteiger partial charge in [-0.2, -0.15) is 5.10 Å². The lowest BCUT2D eigenvalue weighted by molar-refractivity contribution is -0.120. The molecule has 0 heterocycles.